The first-order chi connectivity index (χ1) is 7.72. The number of aliphatic hydroxyl groups is 1. The number of halogens is 1. The fourth-order valence-electron chi connectivity index (χ4n) is 2.22. The van der Waals surface area contributed by atoms with E-state index in [0.717, 1.165) is 29.4 Å². The average Bonchev–Trinajstić information content (AvgIpc) is 2.72. The predicted molar refractivity (Wildman–Crippen MR) is 66.3 cm³/mol. The van der Waals surface area contributed by atoms with Gasteiger partial charge >= 0.3 is 0 Å². The van der Waals surface area contributed by atoms with E-state index in [1.54, 1.807) is 0 Å². The molecule has 0 unspecified atom stereocenters. The molecule has 1 fully saturated rings. The molecule has 1 saturated heterocycles. The molecule has 0 saturated carbocycles. The van der Waals surface area contributed by atoms with Gasteiger partial charge in [0.1, 0.15) is 5.75 Å². The molecule has 0 amide bonds. The van der Waals surface area contributed by atoms with Crippen molar-refractivity contribution in [3.05, 3.63) is 28.2 Å². The third-order valence-electron chi connectivity index (χ3n) is 3.15. The summed E-state index contributed by atoms with van der Waals surface area (Å²) in [7, 11) is 0. The van der Waals surface area contributed by atoms with Crippen molar-refractivity contribution in [3.8, 4) is 5.75 Å². The van der Waals surface area contributed by atoms with Gasteiger partial charge < -0.3 is 10.2 Å². The van der Waals surface area contributed by atoms with E-state index in [9.17, 15) is 10.2 Å². The molecule has 1 heterocycles. The lowest BCUT2D eigenvalue weighted by Crippen LogP contribution is -2.31. The molecule has 0 radical (unpaired) electrons. The largest absolute Gasteiger partial charge is 0.506 e. The Kier molecular flexibility index (Phi) is 3.84. The molecule has 0 aliphatic carbocycles. The van der Waals surface area contributed by atoms with Crippen LogP contribution in [0, 0.1) is 0 Å². The second-order valence-corrected chi connectivity index (χ2v) is 5.05. The topological polar surface area (TPSA) is 43.7 Å². The Labute approximate surface area is 104 Å². The number of likely N-dealkylation sites (tertiary alicyclic amines) is 1. The van der Waals surface area contributed by atoms with Gasteiger partial charge in [-0.3, -0.25) is 4.90 Å². The van der Waals surface area contributed by atoms with Crippen LogP contribution in [0.4, 0.5) is 0 Å². The van der Waals surface area contributed by atoms with E-state index in [4.69, 9.17) is 0 Å². The Morgan fingerprint density at radius 1 is 1.44 bits per heavy atom. The number of nitrogens with zero attached hydrogens (tertiary/aromatic N) is 1. The third-order valence-corrected chi connectivity index (χ3v) is 3.79. The zero-order valence-electron chi connectivity index (χ0n) is 9.06. The Morgan fingerprint density at radius 2 is 2.25 bits per heavy atom. The maximum Gasteiger partial charge on any atom is 0.134 e. The van der Waals surface area contributed by atoms with Gasteiger partial charge in [-0.1, -0.05) is 12.1 Å². The van der Waals surface area contributed by atoms with Crippen molar-refractivity contribution in [1.29, 1.82) is 0 Å². The summed E-state index contributed by atoms with van der Waals surface area (Å²) >= 11 is 3.31. The summed E-state index contributed by atoms with van der Waals surface area (Å²) < 4.78 is 0.727. The number of hydrogen-bond acceptors (Lipinski definition) is 3. The van der Waals surface area contributed by atoms with Gasteiger partial charge in [-0.05, 0) is 41.4 Å². The third kappa shape index (κ3) is 2.39. The molecule has 1 aliphatic rings. The molecular formula is C12H16BrNO2. The van der Waals surface area contributed by atoms with E-state index in [-0.39, 0.29) is 12.6 Å². The van der Waals surface area contributed by atoms with E-state index in [1.807, 2.05) is 18.2 Å². The summed E-state index contributed by atoms with van der Waals surface area (Å²) in [5, 5.41) is 19.1. The Morgan fingerprint density at radius 3 is 3.00 bits per heavy atom. The quantitative estimate of drug-likeness (QED) is 0.894. The lowest BCUT2D eigenvalue weighted by atomic mass is 10.1. The van der Waals surface area contributed by atoms with E-state index in [0.29, 0.717) is 12.3 Å². The van der Waals surface area contributed by atoms with Crippen LogP contribution in [0.15, 0.2) is 22.7 Å². The molecule has 88 valence electrons. The Hall–Kier alpha value is -0.580. The van der Waals surface area contributed by atoms with Crippen molar-refractivity contribution in [2.24, 2.45) is 0 Å². The van der Waals surface area contributed by atoms with Crippen LogP contribution in [0.3, 0.4) is 0 Å². The highest BCUT2D eigenvalue weighted by molar-refractivity contribution is 9.10. The molecule has 4 heteroatoms. The van der Waals surface area contributed by atoms with Crippen molar-refractivity contribution in [2.45, 2.75) is 25.4 Å². The Balaban J connectivity index is 2.11. The molecule has 1 aromatic rings. The minimum atomic E-state index is 0.203. The summed E-state index contributed by atoms with van der Waals surface area (Å²) in [5.41, 5.74) is 0.912. The number of phenolic OH excluding ortho intramolecular Hbond substituents is 1. The van der Waals surface area contributed by atoms with E-state index in [1.165, 1.54) is 0 Å². The summed E-state index contributed by atoms with van der Waals surface area (Å²) in [5.74, 6) is 0.311. The lowest BCUT2D eigenvalue weighted by Gasteiger charge is -2.23. The average molecular weight is 286 g/mol. The van der Waals surface area contributed by atoms with Crippen LogP contribution >= 0.6 is 15.9 Å². The monoisotopic (exact) mass is 285 g/mol. The number of hydrogen-bond donors (Lipinski definition) is 2. The zero-order chi connectivity index (χ0) is 11.5. The molecule has 3 nitrogen and oxygen atoms in total. The number of phenols is 1. The number of benzene rings is 1. The second-order valence-electron chi connectivity index (χ2n) is 4.20. The fraction of sp³-hybridized carbons (Fsp3) is 0.500. The normalized spacial score (nSPS) is 21.5. The first-order valence-electron chi connectivity index (χ1n) is 5.53. The molecular weight excluding hydrogens is 270 g/mol. The summed E-state index contributed by atoms with van der Waals surface area (Å²) in [4.78, 5) is 2.22. The molecule has 0 spiro atoms. The van der Waals surface area contributed by atoms with Crippen LogP contribution in [0.25, 0.3) is 0 Å². The van der Waals surface area contributed by atoms with Gasteiger partial charge in [-0.25, -0.2) is 0 Å². The SMILES string of the molecule is OC[C@H]1CCCN1Cc1cccc(Br)c1O. The fourth-order valence-corrected chi connectivity index (χ4v) is 2.62. The zero-order valence-corrected chi connectivity index (χ0v) is 10.7. The van der Waals surface area contributed by atoms with Gasteiger partial charge in [-0.2, -0.15) is 0 Å². The summed E-state index contributed by atoms with van der Waals surface area (Å²) in [6, 6.07) is 5.92. The highest BCUT2D eigenvalue weighted by atomic mass is 79.9. The predicted octanol–water partition coefficient (Wildman–Crippen LogP) is 2.11. The smallest absolute Gasteiger partial charge is 0.134 e. The van der Waals surface area contributed by atoms with Crippen LogP contribution in [0.5, 0.6) is 5.75 Å². The van der Waals surface area contributed by atoms with Crippen LogP contribution in [-0.2, 0) is 6.54 Å². The maximum absolute atomic E-state index is 9.88. The second kappa shape index (κ2) is 5.17. The number of aromatic hydroxyl groups is 1. The van der Waals surface area contributed by atoms with Gasteiger partial charge in [0.15, 0.2) is 0 Å². The molecule has 2 N–H and O–H groups in total. The van der Waals surface area contributed by atoms with E-state index < -0.39 is 0 Å². The van der Waals surface area contributed by atoms with Gasteiger partial charge in [0.2, 0.25) is 0 Å². The van der Waals surface area contributed by atoms with Crippen LogP contribution in [-0.4, -0.2) is 34.3 Å². The number of aliphatic hydroxyl groups excluding tert-OH is 1. The lowest BCUT2D eigenvalue weighted by molar-refractivity contribution is 0.152. The van der Waals surface area contributed by atoms with E-state index in [2.05, 4.69) is 20.8 Å². The van der Waals surface area contributed by atoms with Gasteiger partial charge in [0, 0.05) is 18.2 Å². The standard InChI is InChI=1S/C12H16BrNO2/c13-11-5-1-3-9(12(11)16)7-14-6-2-4-10(14)8-15/h1,3,5,10,15-16H,2,4,6-8H2/t10-/m1/s1. The van der Waals surface area contributed by atoms with Crippen molar-refractivity contribution >= 4 is 15.9 Å². The molecule has 16 heavy (non-hydrogen) atoms. The van der Waals surface area contributed by atoms with Crippen molar-refractivity contribution in [3.63, 3.8) is 0 Å². The highest BCUT2D eigenvalue weighted by Gasteiger charge is 2.24. The summed E-state index contributed by atoms with van der Waals surface area (Å²) in [6.07, 6.45) is 2.17. The van der Waals surface area contributed by atoms with Crippen LogP contribution in [0.1, 0.15) is 18.4 Å². The van der Waals surface area contributed by atoms with Gasteiger partial charge in [0.25, 0.3) is 0 Å². The van der Waals surface area contributed by atoms with Gasteiger partial charge in [-0.15, -0.1) is 0 Å². The molecule has 2 rings (SSSR count). The van der Waals surface area contributed by atoms with Crippen LogP contribution < -0.4 is 0 Å². The highest BCUT2D eigenvalue weighted by Crippen LogP contribution is 2.30. The minimum absolute atomic E-state index is 0.203. The van der Waals surface area contributed by atoms with Crippen molar-refractivity contribution in [1.82, 2.24) is 4.90 Å². The minimum Gasteiger partial charge on any atom is -0.506 e. The first-order valence-corrected chi connectivity index (χ1v) is 6.33. The van der Waals surface area contributed by atoms with E-state index >= 15 is 0 Å². The number of rotatable bonds is 3. The summed E-state index contributed by atoms with van der Waals surface area (Å²) in [6.45, 7) is 1.91. The first kappa shape index (κ1) is 11.9. The van der Waals surface area contributed by atoms with Crippen molar-refractivity contribution < 1.29 is 10.2 Å². The van der Waals surface area contributed by atoms with Crippen molar-refractivity contribution in [2.75, 3.05) is 13.2 Å². The molecule has 0 bridgehead atoms. The molecule has 1 aromatic carbocycles. The van der Waals surface area contributed by atoms with Crippen LogP contribution in [0.2, 0.25) is 0 Å². The Bertz CT molecular complexity index is 370. The molecule has 1 atom stereocenters. The molecule has 1 aliphatic heterocycles. The maximum atomic E-state index is 9.88. The number of para-hydroxylation sites is 1. The molecule has 0 aromatic heterocycles. The van der Waals surface area contributed by atoms with Gasteiger partial charge in [0.05, 0.1) is 11.1 Å².